The number of nitrogens with zero attached hydrogens (tertiary/aromatic N) is 3. The van der Waals surface area contributed by atoms with Crippen LogP contribution in [0.1, 0.15) is 19.8 Å². The Balaban J connectivity index is 2.33. The fraction of sp³-hybridized carbons (Fsp3) is 0.600. The first-order valence-electron chi connectivity index (χ1n) is 5.84. The summed E-state index contributed by atoms with van der Waals surface area (Å²) < 4.78 is 27.7. The van der Waals surface area contributed by atoms with Crippen molar-refractivity contribution in [3.8, 4) is 0 Å². The van der Waals surface area contributed by atoms with E-state index in [2.05, 4.69) is 4.98 Å². The number of hydrogen-bond donors (Lipinski definition) is 2. The maximum absolute atomic E-state index is 12.4. The zero-order valence-corrected chi connectivity index (χ0v) is 11.0. The molecule has 8 heteroatoms. The van der Waals surface area contributed by atoms with Crippen molar-refractivity contribution in [1.82, 2.24) is 13.9 Å². The molecular formula is C10H17N5O2S. The Morgan fingerprint density at radius 3 is 2.94 bits per heavy atom. The van der Waals surface area contributed by atoms with E-state index in [0.717, 1.165) is 6.42 Å². The van der Waals surface area contributed by atoms with Crippen LogP contribution in [0.2, 0.25) is 0 Å². The van der Waals surface area contributed by atoms with E-state index in [0.29, 0.717) is 19.5 Å². The van der Waals surface area contributed by atoms with E-state index in [4.69, 9.17) is 11.1 Å². The number of nitrogens with one attached hydrogen (secondary N) is 1. The highest BCUT2D eigenvalue weighted by Crippen LogP contribution is 2.24. The Bertz CT molecular complexity index is 550. The number of hydrogen-bond acceptors (Lipinski definition) is 4. The lowest BCUT2D eigenvalue weighted by atomic mass is 10.2. The summed E-state index contributed by atoms with van der Waals surface area (Å²) in [5, 5.41) is 7.48. The molecule has 1 saturated heterocycles. The average molecular weight is 271 g/mol. The topological polar surface area (TPSA) is 105 Å². The highest BCUT2D eigenvalue weighted by Gasteiger charge is 2.38. The van der Waals surface area contributed by atoms with Crippen LogP contribution in [0.4, 0.5) is 0 Å². The Labute approximate surface area is 106 Å². The molecule has 1 aromatic heterocycles. The van der Waals surface area contributed by atoms with Gasteiger partial charge in [0.1, 0.15) is 5.84 Å². The summed E-state index contributed by atoms with van der Waals surface area (Å²) in [5.41, 5.74) is 5.45. The molecule has 0 saturated carbocycles. The fourth-order valence-corrected chi connectivity index (χ4v) is 3.72. The van der Waals surface area contributed by atoms with Crippen molar-refractivity contribution in [2.45, 2.75) is 37.4 Å². The van der Waals surface area contributed by atoms with Crippen LogP contribution >= 0.6 is 0 Å². The van der Waals surface area contributed by atoms with Gasteiger partial charge in [0, 0.05) is 19.3 Å². The van der Waals surface area contributed by atoms with Crippen molar-refractivity contribution < 1.29 is 8.42 Å². The predicted molar refractivity (Wildman–Crippen MR) is 66.7 cm³/mol. The van der Waals surface area contributed by atoms with E-state index < -0.39 is 16.1 Å². The third kappa shape index (κ3) is 2.13. The summed E-state index contributed by atoms with van der Waals surface area (Å²) in [4.78, 5) is 3.92. The molecule has 1 aliphatic rings. The third-order valence-corrected chi connectivity index (χ3v) is 4.90. The van der Waals surface area contributed by atoms with Crippen LogP contribution in [-0.2, 0) is 16.6 Å². The van der Waals surface area contributed by atoms with Crippen molar-refractivity contribution in [2.75, 3.05) is 6.54 Å². The molecule has 0 aliphatic carbocycles. The molecule has 18 heavy (non-hydrogen) atoms. The standard InChI is InChI=1S/C10H17N5O2S/c1-2-14-6-9(13-7-14)18(16,17)15-5-3-4-8(15)10(11)12/h6-8H,2-5H2,1H3,(H3,11,12). The molecule has 1 fully saturated rings. The Hall–Kier alpha value is -1.41. The minimum Gasteiger partial charge on any atom is -0.386 e. The molecule has 3 N–H and O–H groups in total. The van der Waals surface area contributed by atoms with Crippen molar-refractivity contribution in [2.24, 2.45) is 5.73 Å². The number of sulfonamides is 1. The van der Waals surface area contributed by atoms with Gasteiger partial charge in [-0.1, -0.05) is 0 Å². The van der Waals surface area contributed by atoms with Crippen LogP contribution < -0.4 is 5.73 Å². The second-order valence-electron chi connectivity index (χ2n) is 4.27. The molecule has 100 valence electrons. The van der Waals surface area contributed by atoms with Crippen molar-refractivity contribution >= 4 is 15.9 Å². The monoisotopic (exact) mass is 271 g/mol. The van der Waals surface area contributed by atoms with Crippen molar-refractivity contribution in [1.29, 1.82) is 5.41 Å². The molecule has 0 bridgehead atoms. The fourth-order valence-electron chi connectivity index (χ4n) is 2.10. The number of nitrogens with two attached hydrogens (primary N) is 1. The molecular weight excluding hydrogens is 254 g/mol. The number of amidine groups is 1. The highest BCUT2D eigenvalue weighted by atomic mass is 32.2. The normalized spacial score (nSPS) is 21.3. The summed E-state index contributed by atoms with van der Waals surface area (Å²) >= 11 is 0. The van der Waals surface area contributed by atoms with Crippen LogP contribution in [0.3, 0.4) is 0 Å². The highest BCUT2D eigenvalue weighted by molar-refractivity contribution is 7.89. The zero-order chi connectivity index (χ0) is 13.3. The first-order valence-corrected chi connectivity index (χ1v) is 7.28. The van der Waals surface area contributed by atoms with Crippen LogP contribution in [0, 0.1) is 5.41 Å². The maximum Gasteiger partial charge on any atom is 0.262 e. The smallest absolute Gasteiger partial charge is 0.262 e. The van der Waals surface area contributed by atoms with Gasteiger partial charge in [0.2, 0.25) is 0 Å². The second kappa shape index (κ2) is 4.69. The molecule has 2 heterocycles. The van der Waals surface area contributed by atoms with Crippen LogP contribution in [0.15, 0.2) is 17.6 Å². The Kier molecular flexibility index (Phi) is 3.40. The van der Waals surface area contributed by atoms with Gasteiger partial charge in [0.05, 0.1) is 12.4 Å². The van der Waals surface area contributed by atoms with E-state index in [1.807, 2.05) is 6.92 Å². The van der Waals surface area contributed by atoms with E-state index in [1.54, 1.807) is 4.57 Å². The zero-order valence-electron chi connectivity index (χ0n) is 10.2. The van der Waals surface area contributed by atoms with Gasteiger partial charge in [-0.25, -0.2) is 13.4 Å². The third-order valence-electron chi connectivity index (χ3n) is 3.11. The molecule has 2 rings (SSSR count). The summed E-state index contributed by atoms with van der Waals surface area (Å²) in [6, 6.07) is -0.526. The first kappa shape index (κ1) is 13.0. The van der Waals surface area contributed by atoms with Gasteiger partial charge in [-0.3, -0.25) is 5.41 Å². The van der Waals surface area contributed by atoms with Gasteiger partial charge < -0.3 is 10.3 Å². The van der Waals surface area contributed by atoms with Gasteiger partial charge in [0.15, 0.2) is 5.03 Å². The molecule has 0 spiro atoms. The predicted octanol–water partition coefficient (Wildman–Crippen LogP) is -0.00793. The summed E-state index contributed by atoms with van der Waals surface area (Å²) in [5.74, 6) is -0.106. The molecule has 0 amide bonds. The number of aromatic nitrogens is 2. The van der Waals surface area contributed by atoms with Crippen molar-refractivity contribution in [3.63, 3.8) is 0 Å². The molecule has 0 aromatic carbocycles. The van der Waals surface area contributed by atoms with E-state index in [9.17, 15) is 8.42 Å². The number of rotatable bonds is 4. The Morgan fingerprint density at radius 2 is 2.39 bits per heavy atom. The van der Waals surface area contributed by atoms with E-state index in [-0.39, 0.29) is 10.9 Å². The average Bonchev–Trinajstić information content (AvgIpc) is 2.98. The molecule has 1 aliphatic heterocycles. The second-order valence-corrected chi connectivity index (χ2v) is 6.11. The van der Waals surface area contributed by atoms with Crippen molar-refractivity contribution in [3.05, 3.63) is 12.5 Å². The molecule has 1 atom stereocenters. The van der Waals surface area contributed by atoms with Gasteiger partial charge in [-0.2, -0.15) is 4.31 Å². The number of aryl methyl sites for hydroxylation is 1. The molecule has 0 radical (unpaired) electrons. The van der Waals surface area contributed by atoms with Crippen LogP contribution in [0.5, 0.6) is 0 Å². The van der Waals surface area contributed by atoms with Crippen LogP contribution in [0.25, 0.3) is 0 Å². The Morgan fingerprint density at radius 1 is 1.67 bits per heavy atom. The maximum atomic E-state index is 12.4. The van der Waals surface area contributed by atoms with Gasteiger partial charge >= 0.3 is 0 Å². The van der Waals surface area contributed by atoms with E-state index >= 15 is 0 Å². The van der Waals surface area contributed by atoms with Gasteiger partial charge in [-0.15, -0.1) is 0 Å². The summed E-state index contributed by atoms with van der Waals surface area (Å²) in [6.07, 6.45) is 4.32. The first-order chi connectivity index (χ1) is 8.46. The van der Waals surface area contributed by atoms with E-state index in [1.165, 1.54) is 16.8 Å². The largest absolute Gasteiger partial charge is 0.386 e. The molecule has 1 unspecified atom stereocenters. The minimum absolute atomic E-state index is 0.0255. The quantitative estimate of drug-likeness (QED) is 0.593. The molecule has 7 nitrogen and oxygen atoms in total. The lowest BCUT2D eigenvalue weighted by Gasteiger charge is -2.21. The summed E-state index contributed by atoms with van der Waals surface area (Å²) in [7, 11) is -3.64. The lowest BCUT2D eigenvalue weighted by Crippen LogP contribution is -2.43. The van der Waals surface area contributed by atoms with Gasteiger partial charge in [0.25, 0.3) is 10.0 Å². The minimum atomic E-state index is -3.64. The number of imidazole rings is 1. The SMILES string of the molecule is CCn1cnc(S(=O)(=O)N2CCCC2C(=N)N)c1. The molecule has 1 aromatic rings. The lowest BCUT2D eigenvalue weighted by molar-refractivity contribution is 0.441. The van der Waals surface area contributed by atoms with Crippen LogP contribution in [-0.4, -0.2) is 40.7 Å². The summed E-state index contributed by atoms with van der Waals surface area (Å²) in [6.45, 7) is 2.97. The van der Waals surface area contributed by atoms with Gasteiger partial charge in [-0.05, 0) is 19.8 Å².